The molecule has 0 aliphatic heterocycles. The van der Waals surface area contributed by atoms with Crippen LogP contribution < -0.4 is 60.3 Å². The van der Waals surface area contributed by atoms with Crippen LogP contribution in [-0.2, 0) is 0 Å². The zero-order valence-electron chi connectivity index (χ0n) is 27.8. The highest BCUT2D eigenvalue weighted by Crippen LogP contribution is 2.55. The third-order valence-electron chi connectivity index (χ3n) is 7.67. The van der Waals surface area contributed by atoms with E-state index >= 15 is 0 Å². The summed E-state index contributed by atoms with van der Waals surface area (Å²) in [6, 6.07) is 65.2. The average Bonchev–Trinajstić information content (AvgIpc) is 3.16. The lowest BCUT2D eigenvalue weighted by Crippen LogP contribution is -3.00. The minimum Gasteiger partial charge on any atom is -1.00 e. The molecule has 6 rings (SSSR count). The summed E-state index contributed by atoms with van der Waals surface area (Å²) in [7, 11) is -2.10. The van der Waals surface area contributed by atoms with E-state index in [1.165, 1.54) is 31.8 Å². The molecule has 6 aromatic carbocycles. The maximum absolute atomic E-state index is 5.89. The van der Waals surface area contributed by atoms with E-state index in [2.05, 4.69) is 198 Å². The number of hydrogen-bond acceptors (Lipinski definition) is 2. The number of rotatable bonds is 11. The quantitative estimate of drug-likeness (QED) is 0.141. The standard InChI is InChI=1S/C21H23NP.C18H15P.C3H8BrN.2BrH/c22-17-10-18-23(19-11-4-1-5-12-19,20-13-6-2-7-14-20)21-15-8-3-9-16-21;1-4-10-16(11-5-1)19(17-12-6-2-7-13-17)18-14-8-3-9-15-18;4-2-1-3-5;;/h1-9,11-16H,10,17-18,22H2;1-15H;1-3,5H2;2*1H/q+1;;;;/p-1. The van der Waals surface area contributed by atoms with Gasteiger partial charge in [-0.2, -0.15) is 0 Å². The molecule has 0 aromatic heterocycles. The van der Waals surface area contributed by atoms with Crippen molar-refractivity contribution in [1.82, 2.24) is 0 Å². The van der Waals surface area contributed by atoms with E-state index in [0.29, 0.717) is 0 Å². The molecular weight excluding hydrogens is 834 g/mol. The summed E-state index contributed by atoms with van der Waals surface area (Å²) in [5.41, 5.74) is 11.0. The number of alkyl halides is 1. The van der Waals surface area contributed by atoms with Gasteiger partial charge in [0, 0.05) is 5.33 Å². The molecule has 0 unspecified atom stereocenters. The van der Waals surface area contributed by atoms with Gasteiger partial charge in [-0.1, -0.05) is 162 Å². The van der Waals surface area contributed by atoms with Gasteiger partial charge in [0.2, 0.25) is 0 Å². The largest absolute Gasteiger partial charge is 1.00 e. The Kier molecular flexibility index (Phi) is 21.5. The predicted molar refractivity (Wildman–Crippen MR) is 227 cm³/mol. The van der Waals surface area contributed by atoms with Gasteiger partial charge in [0.15, 0.2) is 0 Å². The van der Waals surface area contributed by atoms with Gasteiger partial charge >= 0.3 is 0 Å². The summed E-state index contributed by atoms with van der Waals surface area (Å²) in [6.07, 6.45) is 3.23. The van der Waals surface area contributed by atoms with Crippen molar-refractivity contribution in [2.24, 2.45) is 11.5 Å². The molecule has 4 N–H and O–H groups in total. The predicted octanol–water partition coefficient (Wildman–Crippen LogP) is 5.09. The third-order valence-corrected chi connectivity index (χ3v) is 15.2. The fourth-order valence-electron chi connectivity index (χ4n) is 5.47. The molecule has 2 nitrogen and oxygen atoms in total. The SMILES string of the molecule is Br.NCCCBr.NCCC[P+](c1ccccc1)(c1ccccc1)c1ccccc1.[Br-].c1ccc(P(c2ccccc2)c2ccccc2)cc1. The van der Waals surface area contributed by atoms with Crippen LogP contribution in [0, 0.1) is 0 Å². The molecule has 0 aliphatic rings. The Morgan fingerprint density at radius 3 is 0.918 bits per heavy atom. The summed E-state index contributed by atoms with van der Waals surface area (Å²) in [5, 5.41) is 9.53. The number of nitrogens with two attached hydrogens (primary N) is 2. The van der Waals surface area contributed by atoms with Gasteiger partial charge < -0.3 is 28.4 Å². The highest BCUT2D eigenvalue weighted by Gasteiger charge is 2.44. The molecule has 256 valence electrons. The molecule has 0 bridgehead atoms. The van der Waals surface area contributed by atoms with Crippen LogP contribution >= 0.6 is 48.1 Å². The Morgan fingerprint density at radius 1 is 0.429 bits per heavy atom. The molecule has 0 spiro atoms. The summed E-state index contributed by atoms with van der Waals surface area (Å²) in [4.78, 5) is 0. The molecule has 0 fully saturated rings. The van der Waals surface area contributed by atoms with Crippen molar-refractivity contribution in [3.05, 3.63) is 182 Å². The molecule has 6 aromatic rings. The first kappa shape index (κ1) is 42.7. The first-order valence-corrected chi connectivity index (χ1v) is 20.6. The molecule has 0 atom stereocenters. The normalized spacial score (nSPS) is 10.3. The topological polar surface area (TPSA) is 52.0 Å². The highest BCUT2D eigenvalue weighted by molar-refractivity contribution is 9.09. The van der Waals surface area contributed by atoms with E-state index in [4.69, 9.17) is 11.5 Å². The highest BCUT2D eigenvalue weighted by atomic mass is 79.9. The maximum atomic E-state index is 5.89. The van der Waals surface area contributed by atoms with Gasteiger partial charge in [-0.3, -0.25) is 0 Å². The van der Waals surface area contributed by atoms with Crippen LogP contribution in [0.2, 0.25) is 0 Å². The summed E-state index contributed by atoms with van der Waals surface area (Å²) >= 11 is 3.23. The smallest absolute Gasteiger partial charge is 0.112 e. The summed E-state index contributed by atoms with van der Waals surface area (Å²) in [6.45, 7) is 1.53. The van der Waals surface area contributed by atoms with Gasteiger partial charge in [-0.25, -0.2) is 0 Å². The van der Waals surface area contributed by atoms with Gasteiger partial charge in [0.1, 0.15) is 23.2 Å². The lowest BCUT2D eigenvalue weighted by atomic mass is 10.4. The zero-order chi connectivity index (χ0) is 33.0. The van der Waals surface area contributed by atoms with Crippen molar-refractivity contribution in [2.75, 3.05) is 24.6 Å². The molecule has 0 heterocycles. The van der Waals surface area contributed by atoms with Crippen molar-refractivity contribution in [3.8, 4) is 0 Å². The second-order valence-corrected chi connectivity index (χ2v) is 17.5. The van der Waals surface area contributed by atoms with Gasteiger partial charge in [0.25, 0.3) is 0 Å². The monoisotopic (exact) mass is 878 g/mol. The van der Waals surface area contributed by atoms with Crippen molar-refractivity contribution in [3.63, 3.8) is 0 Å². The van der Waals surface area contributed by atoms with Crippen molar-refractivity contribution < 1.29 is 17.0 Å². The van der Waals surface area contributed by atoms with Crippen LogP contribution in [0.1, 0.15) is 12.8 Å². The van der Waals surface area contributed by atoms with E-state index in [1.54, 1.807) is 0 Å². The molecule has 49 heavy (non-hydrogen) atoms. The minimum atomic E-state index is -1.65. The van der Waals surface area contributed by atoms with Gasteiger partial charge in [-0.05, 0) is 86.2 Å². The number of halogens is 3. The molecule has 0 amide bonds. The second kappa shape index (κ2) is 24.6. The minimum absolute atomic E-state index is 0. The fraction of sp³-hybridized carbons (Fsp3) is 0.143. The fourth-order valence-corrected chi connectivity index (χ4v) is 12.5. The van der Waals surface area contributed by atoms with Crippen molar-refractivity contribution >= 4 is 79.9 Å². The Morgan fingerprint density at radius 2 is 0.694 bits per heavy atom. The van der Waals surface area contributed by atoms with Crippen LogP contribution in [0.3, 0.4) is 0 Å². The number of benzene rings is 6. The third kappa shape index (κ3) is 12.7. The van der Waals surface area contributed by atoms with E-state index < -0.39 is 15.2 Å². The van der Waals surface area contributed by atoms with E-state index in [1.807, 2.05) is 0 Å². The average molecular weight is 882 g/mol. The van der Waals surface area contributed by atoms with Crippen LogP contribution in [0.4, 0.5) is 0 Å². The summed E-state index contributed by atoms with van der Waals surface area (Å²) < 4.78 is 0. The Labute approximate surface area is 325 Å². The Hall–Kier alpha value is -2.46. The molecule has 0 saturated heterocycles. The molecule has 0 aliphatic carbocycles. The number of hydrogen-bond donors (Lipinski definition) is 2. The van der Waals surface area contributed by atoms with Gasteiger partial charge in [0.05, 0.1) is 6.16 Å². The van der Waals surface area contributed by atoms with Crippen molar-refractivity contribution in [2.45, 2.75) is 12.8 Å². The van der Waals surface area contributed by atoms with Crippen LogP contribution in [-0.4, -0.2) is 24.6 Å². The zero-order valence-corrected chi connectivity index (χ0v) is 34.5. The van der Waals surface area contributed by atoms with Crippen LogP contribution in [0.15, 0.2) is 182 Å². The molecule has 7 heteroatoms. The second-order valence-electron chi connectivity index (χ2n) is 10.9. The Bertz CT molecular complexity index is 1460. The van der Waals surface area contributed by atoms with E-state index in [-0.39, 0.29) is 34.0 Å². The summed E-state index contributed by atoms with van der Waals surface area (Å²) in [5.74, 6) is 0. The van der Waals surface area contributed by atoms with E-state index in [0.717, 1.165) is 37.4 Å². The Balaban J connectivity index is 0.000000292. The van der Waals surface area contributed by atoms with Crippen LogP contribution in [0.5, 0.6) is 0 Å². The van der Waals surface area contributed by atoms with Crippen molar-refractivity contribution in [1.29, 1.82) is 0 Å². The van der Waals surface area contributed by atoms with Crippen LogP contribution in [0.25, 0.3) is 0 Å². The molecule has 0 radical (unpaired) electrons. The maximum Gasteiger partial charge on any atom is 0.112 e. The lowest BCUT2D eigenvalue weighted by molar-refractivity contribution is -0.00000930. The van der Waals surface area contributed by atoms with E-state index in [9.17, 15) is 0 Å². The molecular formula is C42H47Br3N2P2. The first-order chi connectivity index (χ1) is 23.2. The first-order valence-electron chi connectivity index (χ1n) is 16.2. The lowest BCUT2D eigenvalue weighted by Gasteiger charge is -2.27. The van der Waals surface area contributed by atoms with Gasteiger partial charge in [-0.15, -0.1) is 17.0 Å². The molecule has 0 saturated carbocycles.